The lowest BCUT2D eigenvalue weighted by Crippen LogP contribution is -2.43. The lowest BCUT2D eigenvalue weighted by atomic mass is 9.94. The van der Waals surface area contributed by atoms with Gasteiger partial charge in [-0.15, -0.1) is 0 Å². The Labute approximate surface area is 148 Å². The molecule has 136 valence electrons. The second-order valence-corrected chi connectivity index (χ2v) is 7.97. The predicted octanol–water partition coefficient (Wildman–Crippen LogP) is 1.65. The number of carbonyl (C=O) groups is 1. The Morgan fingerprint density at radius 2 is 1.96 bits per heavy atom. The molecule has 1 atom stereocenters. The van der Waals surface area contributed by atoms with Crippen LogP contribution >= 0.6 is 0 Å². The molecule has 1 aliphatic carbocycles. The fourth-order valence-corrected chi connectivity index (χ4v) is 4.60. The molecule has 6 nitrogen and oxygen atoms in total. The van der Waals surface area contributed by atoms with E-state index in [-0.39, 0.29) is 17.4 Å². The van der Waals surface area contributed by atoms with Crippen molar-refractivity contribution in [2.75, 3.05) is 26.7 Å². The fraction of sp³-hybridized carbons (Fsp3) is 0.737. The molecule has 0 radical (unpaired) electrons. The van der Waals surface area contributed by atoms with Crippen molar-refractivity contribution in [3.8, 4) is 0 Å². The molecular formula is C19H28N4O2. The van der Waals surface area contributed by atoms with Crippen LogP contribution in [0.3, 0.4) is 0 Å². The molecule has 1 aromatic heterocycles. The number of aromatic amines is 1. The Balaban J connectivity index is 1.52. The van der Waals surface area contributed by atoms with Gasteiger partial charge in [0.1, 0.15) is 5.82 Å². The highest BCUT2D eigenvalue weighted by atomic mass is 16.2. The van der Waals surface area contributed by atoms with Gasteiger partial charge in [0.05, 0.1) is 11.3 Å². The van der Waals surface area contributed by atoms with Crippen molar-refractivity contribution in [2.45, 2.75) is 57.4 Å². The van der Waals surface area contributed by atoms with Crippen molar-refractivity contribution in [1.82, 2.24) is 19.8 Å². The molecular weight excluding hydrogens is 316 g/mol. The van der Waals surface area contributed by atoms with Crippen molar-refractivity contribution in [3.63, 3.8) is 0 Å². The number of hydrogen-bond acceptors (Lipinski definition) is 4. The number of piperidine rings is 1. The van der Waals surface area contributed by atoms with Gasteiger partial charge in [0, 0.05) is 44.4 Å². The van der Waals surface area contributed by atoms with Crippen LogP contribution in [0.2, 0.25) is 0 Å². The normalized spacial score (nSPS) is 25.2. The van der Waals surface area contributed by atoms with Crippen molar-refractivity contribution in [3.05, 3.63) is 27.4 Å². The summed E-state index contributed by atoms with van der Waals surface area (Å²) in [5.74, 6) is 1.50. The maximum Gasteiger partial charge on any atom is 0.255 e. The third kappa shape index (κ3) is 3.36. The Hall–Kier alpha value is -1.69. The van der Waals surface area contributed by atoms with E-state index in [9.17, 15) is 9.59 Å². The first kappa shape index (κ1) is 16.8. The molecule has 3 heterocycles. The summed E-state index contributed by atoms with van der Waals surface area (Å²) in [6.45, 7) is 3.18. The monoisotopic (exact) mass is 344 g/mol. The van der Waals surface area contributed by atoms with Gasteiger partial charge >= 0.3 is 0 Å². The number of likely N-dealkylation sites (N-methyl/N-ethyl adjacent to an activating group) is 1. The minimum Gasteiger partial charge on any atom is -0.342 e. The van der Waals surface area contributed by atoms with Crippen molar-refractivity contribution < 1.29 is 4.79 Å². The maximum atomic E-state index is 12.7. The number of fused-ring (bicyclic) bond motifs is 1. The standard InChI is InChI=1S/C19H28N4O2/c1-22-10-8-16-15(12-22)18(24)21-17(20-16)14-7-4-9-23(11-14)19(25)13-5-2-3-6-13/h13-14H,2-12H2,1H3,(H,20,21,24)/t14-/m1/s1. The topological polar surface area (TPSA) is 69.3 Å². The number of nitrogens with zero attached hydrogens (tertiary/aromatic N) is 3. The first-order valence-electron chi connectivity index (χ1n) is 9.71. The van der Waals surface area contributed by atoms with Crippen LogP contribution in [-0.4, -0.2) is 52.4 Å². The zero-order valence-corrected chi connectivity index (χ0v) is 15.1. The molecule has 1 saturated heterocycles. The third-order valence-electron chi connectivity index (χ3n) is 6.10. The Morgan fingerprint density at radius 1 is 1.16 bits per heavy atom. The summed E-state index contributed by atoms with van der Waals surface area (Å²) >= 11 is 0. The summed E-state index contributed by atoms with van der Waals surface area (Å²) in [6.07, 6.45) is 7.27. The van der Waals surface area contributed by atoms with Gasteiger partial charge in [-0.25, -0.2) is 4.98 Å². The molecule has 2 fully saturated rings. The summed E-state index contributed by atoms with van der Waals surface area (Å²) in [4.78, 5) is 37.2. The number of H-pyrrole nitrogens is 1. The largest absolute Gasteiger partial charge is 0.342 e. The smallest absolute Gasteiger partial charge is 0.255 e. The maximum absolute atomic E-state index is 12.7. The van der Waals surface area contributed by atoms with Crippen LogP contribution in [0.4, 0.5) is 0 Å². The van der Waals surface area contributed by atoms with Gasteiger partial charge in [-0.05, 0) is 32.7 Å². The van der Waals surface area contributed by atoms with E-state index >= 15 is 0 Å². The van der Waals surface area contributed by atoms with Crippen molar-refractivity contribution in [2.24, 2.45) is 5.92 Å². The lowest BCUT2D eigenvalue weighted by Gasteiger charge is -2.34. The van der Waals surface area contributed by atoms with E-state index in [1.807, 2.05) is 11.9 Å². The van der Waals surface area contributed by atoms with Crippen molar-refractivity contribution >= 4 is 5.91 Å². The highest BCUT2D eigenvalue weighted by Gasteiger charge is 2.32. The van der Waals surface area contributed by atoms with Crippen molar-refractivity contribution in [1.29, 1.82) is 0 Å². The van der Waals surface area contributed by atoms with E-state index in [2.05, 4.69) is 9.88 Å². The van der Waals surface area contributed by atoms with E-state index in [1.165, 1.54) is 12.8 Å². The molecule has 6 heteroatoms. The van der Waals surface area contributed by atoms with Gasteiger partial charge in [-0.3, -0.25) is 9.59 Å². The van der Waals surface area contributed by atoms with Gasteiger partial charge < -0.3 is 14.8 Å². The predicted molar refractivity (Wildman–Crippen MR) is 95.4 cm³/mol. The Bertz CT molecular complexity index is 708. The van der Waals surface area contributed by atoms with Crippen LogP contribution in [0.25, 0.3) is 0 Å². The van der Waals surface area contributed by atoms with Crippen LogP contribution in [0.1, 0.15) is 61.5 Å². The Kier molecular flexibility index (Phi) is 4.63. The Morgan fingerprint density at radius 3 is 2.76 bits per heavy atom. The number of carbonyl (C=O) groups excluding carboxylic acids is 1. The molecule has 1 amide bonds. The first-order chi connectivity index (χ1) is 12.1. The van der Waals surface area contributed by atoms with Gasteiger partial charge in [0.2, 0.25) is 5.91 Å². The fourth-order valence-electron chi connectivity index (χ4n) is 4.60. The molecule has 1 saturated carbocycles. The van der Waals surface area contributed by atoms with E-state index in [0.717, 1.165) is 62.3 Å². The zero-order chi connectivity index (χ0) is 17.4. The quantitative estimate of drug-likeness (QED) is 0.886. The lowest BCUT2D eigenvalue weighted by molar-refractivity contribution is -0.136. The first-order valence-corrected chi connectivity index (χ1v) is 9.71. The summed E-state index contributed by atoms with van der Waals surface area (Å²) in [6, 6.07) is 0. The minimum absolute atomic E-state index is 0.00536. The molecule has 0 bridgehead atoms. The molecule has 25 heavy (non-hydrogen) atoms. The zero-order valence-electron chi connectivity index (χ0n) is 15.1. The molecule has 2 aliphatic heterocycles. The second-order valence-electron chi connectivity index (χ2n) is 7.97. The van der Waals surface area contributed by atoms with Gasteiger partial charge in [0.15, 0.2) is 0 Å². The van der Waals surface area contributed by atoms with E-state index in [4.69, 9.17) is 4.98 Å². The van der Waals surface area contributed by atoms with Gasteiger partial charge in [0.25, 0.3) is 5.56 Å². The molecule has 1 aromatic rings. The van der Waals surface area contributed by atoms with Gasteiger partial charge in [-0.1, -0.05) is 12.8 Å². The molecule has 0 unspecified atom stereocenters. The average Bonchev–Trinajstić information content (AvgIpc) is 3.16. The average molecular weight is 344 g/mol. The highest BCUT2D eigenvalue weighted by Crippen LogP contribution is 2.30. The highest BCUT2D eigenvalue weighted by molar-refractivity contribution is 5.79. The molecule has 4 rings (SSSR count). The van der Waals surface area contributed by atoms with Crippen LogP contribution in [0.15, 0.2) is 4.79 Å². The molecule has 0 aromatic carbocycles. The SMILES string of the molecule is CN1CCc2nc([C@@H]3CCCN(C(=O)C4CCCC4)C3)[nH]c(=O)c2C1. The van der Waals surface area contributed by atoms with Crippen LogP contribution in [0.5, 0.6) is 0 Å². The van der Waals surface area contributed by atoms with E-state index < -0.39 is 0 Å². The second kappa shape index (κ2) is 6.90. The molecule has 3 aliphatic rings. The number of amides is 1. The summed E-state index contributed by atoms with van der Waals surface area (Å²) in [5.41, 5.74) is 1.77. The third-order valence-corrected chi connectivity index (χ3v) is 6.10. The summed E-state index contributed by atoms with van der Waals surface area (Å²) < 4.78 is 0. The van der Waals surface area contributed by atoms with E-state index in [1.54, 1.807) is 0 Å². The van der Waals surface area contributed by atoms with Crippen LogP contribution < -0.4 is 5.56 Å². The number of likely N-dealkylation sites (tertiary alicyclic amines) is 1. The van der Waals surface area contributed by atoms with E-state index in [0.29, 0.717) is 19.0 Å². The van der Waals surface area contributed by atoms with Gasteiger partial charge in [-0.2, -0.15) is 0 Å². The summed E-state index contributed by atoms with van der Waals surface area (Å²) in [7, 11) is 2.03. The number of aromatic nitrogens is 2. The van der Waals surface area contributed by atoms with Crippen LogP contribution in [0, 0.1) is 5.92 Å². The summed E-state index contributed by atoms with van der Waals surface area (Å²) in [5, 5.41) is 0. The number of rotatable bonds is 2. The van der Waals surface area contributed by atoms with Crippen LogP contribution in [-0.2, 0) is 17.8 Å². The molecule has 1 N–H and O–H groups in total. The minimum atomic E-state index is 0.00536. The molecule has 0 spiro atoms. The number of nitrogens with one attached hydrogen (secondary N) is 1. The number of hydrogen-bond donors (Lipinski definition) is 1.